The fraction of sp³-hybridized carbons (Fsp3) is 0.731. The van der Waals surface area contributed by atoms with Gasteiger partial charge in [0.1, 0.15) is 24.9 Å². The van der Waals surface area contributed by atoms with Crippen molar-refractivity contribution in [1.82, 2.24) is 0 Å². The van der Waals surface area contributed by atoms with Crippen molar-refractivity contribution in [2.24, 2.45) is 5.11 Å². The van der Waals surface area contributed by atoms with Gasteiger partial charge in [0.25, 0.3) is 0 Å². The summed E-state index contributed by atoms with van der Waals surface area (Å²) in [5, 5.41) is 3.44. The third kappa shape index (κ3) is 11.1. The minimum Gasteiger partial charge on any atom is -0.463 e. The first-order valence-corrected chi connectivity index (χ1v) is 13.7. The Labute approximate surface area is 261 Å². The number of hydrogen-bond donors (Lipinski definition) is 0. The molecule has 2 aliphatic rings. The molecule has 2 saturated heterocycles. The Kier molecular flexibility index (Phi) is 14.1. The van der Waals surface area contributed by atoms with Gasteiger partial charge >= 0.3 is 41.8 Å². The van der Waals surface area contributed by atoms with Crippen LogP contribution in [0.2, 0.25) is 0 Å². The molecule has 0 aliphatic carbocycles. The molecule has 0 aromatic carbocycles. The number of hydrogen-bond acceptors (Lipinski definition) is 18. The van der Waals surface area contributed by atoms with Crippen LogP contribution in [0.4, 0.5) is 0 Å². The second kappa shape index (κ2) is 17.2. The molecule has 0 amide bonds. The number of carbonyl (C=O) groups excluding carboxylic acids is 7. The average Bonchev–Trinajstić information content (AvgIpc) is 2.91. The molecule has 0 saturated carbocycles. The van der Waals surface area contributed by atoms with E-state index in [9.17, 15) is 33.6 Å². The third-order valence-corrected chi connectivity index (χ3v) is 6.04. The first kappa shape index (κ1) is 37.7. The van der Waals surface area contributed by atoms with Crippen molar-refractivity contribution >= 4 is 41.8 Å². The zero-order chi connectivity index (χ0) is 34.7. The van der Waals surface area contributed by atoms with Crippen LogP contribution in [0, 0.1) is 0 Å². The highest BCUT2D eigenvalue weighted by molar-refractivity contribution is 5.69. The van der Waals surface area contributed by atoms with Crippen molar-refractivity contribution < 1.29 is 80.9 Å². The molecular formula is C26H35N3O17. The van der Waals surface area contributed by atoms with E-state index in [1.165, 1.54) is 0 Å². The number of nitrogens with zero attached hydrogens (tertiary/aromatic N) is 3. The van der Waals surface area contributed by atoms with Gasteiger partial charge in [0.05, 0.1) is 6.54 Å². The van der Waals surface area contributed by atoms with Gasteiger partial charge in [-0.1, -0.05) is 5.11 Å². The van der Waals surface area contributed by atoms with E-state index in [1.807, 2.05) is 0 Å². The molecule has 0 bridgehead atoms. The fourth-order valence-electron chi connectivity index (χ4n) is 4.66. The molecule has 2 rings (SSSR count). The van der Waals surface area contributed by atoms with Crippen LogP contribution < -0.4 is 0 Å². The van der Waals surface area contributed by atoms with Crippen molar-refractivity contribution in [1.29, 1.82) is 0 Å². The minimum absolute atomic E-state index is 0.519. The molecule has 0 N–H and O–H groups in total. The van der Waals surface area contributed by atoms with E-state index in [0.717, 1.165) is 48.5 Å². The smallest absolute Gasteiger partial charge is 0.305 e. The molecule has 10 atom stereocenters. The number of ether oxygens (including phenoxy) is 10. The Morgan fingerprint density at radius 1 is 0.543 bits per heavy atom. The zero-order valence-electron chi connectivity index (χ0n) is 26.0. The molecule has 2 aliphatic heterocycles. The summed E-state index contributed by atoms with van der Waals surface area (Å²) in [6, 6.07) is 0. The quantitative estimate of drug-likeness (QED) is 0.0870. The van der Waals surface area contributed by atoms with Gasteiger partial charge in [0, 0.05) is 53.4 Å². The summed E-state index contributed by atoms with van der Waals surface area (Å²) in [6.45, 7) is 6.05. The van der Waals surface area contributed by atoms with Crippen LogP contribution in [0.25, 0.3) is 10.4 Å². The maximum Gasteiger partial charge on any atom is 0.305 e. The first-order valence-electron chi connectivity index (χ1n) is 13.7. The largest absolute Gasteiger partial charge is 0.463 e. The molecule has 20 nitrogen and oxygen atoms in total. The summed E-state index contributed by atoms with van der Waals surface area (Å²) in [4.78, 5) is 87.0. The summed E-state index contributed by atoms with van der Waals surface area (Å²) in [5.74, 6) is -6.22. The van der Waals surface area contributed by atoms with Gasteiger partial charge in [-0.15, -0.1) is 0 Å². The molecule has 2 fully saturated rings. The van der Waals surface area contributed by atoms with Crippen molar-refractivity contribution in [3.63, 3.8) is 0 Å². The van der Waals surface area contributed by atoms with Gasteiger partial charge < -0.3 is 47.4 Å². The fourth-order valence-corrected chi connectivity index (χ4v) is 4.66. The lowest BCUT2D eigenvalue weighted by Gasteiger charge is -2.48. The van der Waals surface area contributed by atoms with Gasteiger partial charge in [-0.2, -0.15) is 0 Å². The first-order chi connectivity index (χ1) is 21.5. The summed E-state index contributed by atoms with van der Waals surface area (Å²) in [6.07, 6.45) is -16.2. The van der Waals surface area contributed by atoms with Gasteiger partial charge in [-0.05, 0) is 5.53 Å². The zero-order valence-corrected chi connectivity index (χ0v) is 26.0. The van der Waals surface area contributed by atoms with Gasteiger partial charge in [0.2, 0.25) is 12.4 Å². The molecule has 20 heteroatoms. The maximum absolute atomic E-state index is 12.3. The number of azide groups is 1. The molecular weight excluding hydrogens is 626 g/mol. The highest BCUT2D eigenvalue weighted by Crippen LogP contribution is 2.35. The number of rotatable bonds is 12. The Bertz CT molecular complexity index is 1220. The van der Waals surface area contributed by atoms with Gasteiger partial charge in [-0.25, -0.2) is 0 Å². The van der Waals surface area contributed by atoms with Crippen LogP contribution in [0.5, 0.6) is 0 Å². The lowest BCUT2D eigenvalue weighted by atomic mass is 9.95. The Morgan fingerprint density at radius 3 is 1.41 bits per heavy atom. The highest BCUT2D eigenvalue weighted by atomic mass is 16.8. The van der Waals surface area contributed by atoms with Crippen molar-refractivity contribution in [3.8, 4) is 0 Å². The van der Waals surface area contributed by atoms with Crippen LogP contribution in [-0.2, 0) is 80.9 Å². The average molecular weight is 662 g/mol. The molecule has 256 valence electrons. The van der Waals surface area contributed by atoms with Crippen LogP contribution in [0.1, 0.15) is 48.5 Å². The van der Waals surface area contributed by atoms with Crippen molar-refractivity contribution in [2.45, 2.75) is 110 Å². The second-order valence-electron chi connectivity index (χ2n) is 9.88. The highest BCUT2D eigenvalue weighted by Gasteiger charge is 2.57. The minimum atomic E-state index is -1.81. The second-order valence-corrected chi connectivity index (χ2v) is 9.88. The predicted molar refractivity (Wildman–Crippen MR) is 142 cm³/mol. The molecule has 0 aromatic rings. The molecule has 1 unspecified atom stereocenters. The Balaban J connectivity index is 2.73. The van der Waals surface area contributed by atoms with E-state index in [2.05, 4.69) is 10.0 Å². The summed E-state index contributed by atoms with van der Waals surface area (Å²) < 4.78 is 54.9. The molecule has 2 heterocycles. The van der Waals surface area contributed by atoms with E-state index < -0.39 is 116 Å². The van der Waals surface area contributed by atoms with E-state index in [4.69, 9.17) is 52.9 Å². The molecule has 0 spiro atoms. The van der Waals surface area contributed by atoms with E-state index in [1.54, 1.807) is 0 Å². The summed E-state index contributed by atoms with van der Waals surface area (Å²) in [7, 11) is 0. The normalized spacial score (nSPS) is 30.3. The van der Waals surface area contributed by atoms with Crippen LogP contribution in [0.15, 0.2) is 5.11 Å². The Hall–Kier alpha value is -4.52. The molecule has 0 aromatic heterocycles. The third-order valence-electron chi connectivity index (χ3n) is 6.04. The maximum atomic E-state index is 12.3. The van der Waals surface area contributed by atoms with E-state index >= 15 is 0 Å². The lowest BCUT2D eigenvalue weighted by Crippen LogP contribution is -2.67. The van der Waals surface area contributed by atoms with E-state index in [0.29, 0.717) is 0 Å². The monoisotopic (exact) mass is 661 g/mol. The molecule has 46 heavy (non-hydrogen) atoms. The van der Waals surface area contributed by atoms with Crippen LogP contribution >= 0.6 is 0 Å². The predicted octanol–water partition coefficient (Wildman–Crippen LogP) is -0.0836. The summed E-state index contributed by atoms with van der Waals surface area (Å²) >= 11 is 0. The van der Waals surface area contributed by atoms with Gasteiger partial charge in [-0.3, -0.25) is 33.6 Å². The lowest BCUT2D eigenvalue weighted by molar-refractivity contribution is -0.355. The van der Waals surface area contributed by atoms with Crippen LogP contribution in [-0.4, -0.2) is 116 Å². The number of esters is 7. The van der Waals surface area contributed by atoms with Crippen molar-refractivity contribution in [2.75, 3.05) is 13.2 Å². The Morgan fingerprint density at radius 2 is 0.957 bits per heavy atom. The van der Waals surface area contributed by atoms with Crippen LogP contribution in [0.3, 0.4) is 0 Å². The van der Waals surface area contributed by atoms with Gasteiger partial charge in [0.15, 0.2) is 30.7 Å². The number of carbonyl (C=O) groups is 7. The molecule has 0 radical (unpaired) electrons. The SMILES string of the molecule is CC(=O)OC[C@H]1OC(OC(C)=O)[C@H](OC(C)=O)[C@@H](OC(C)=O)[C@@H]1O[C@@H]1O[C@H](CN=[N+]=[N-])[C@@H](OC(C)=O)[C@H](OC(C)=O)[C@H]1OC(C)=O. The topological polar surface area (TPSA) is 261 Å². The standard InChI is InChI=1S/C26H35N3O17/c1-10(30)37-9-18-20(22(40-13(4)33)23(41-14(5)34)25(45-18)43-16(7)36)46-26-24(42-15(6)35)21(39-12(3)32)19(38-11(2)31)17(44-26)8-28-29-27/h17-26H,8-9H2,1-7H3/t17-,18-,19-,20-,21+,22+,23-,24-,25?,26+/m1/s1. The summed E-state index contributed by atoms with van der Waals surface area (Å²) in [5.41, 5.74) is 8.95. The van der Waals surface area contributed by atoms with E-state index in [-0.39, 0.29) is 0 Å². The van der Waals surface area contributed by atoms with Crippen molar-refractivity contribution in [3.05, 3.63) is 10.4 Å².